The fourth-order valence-electron chi connectivity index (χ4n) is 6.06. The molecule has 1 fully saturated rings. The van der Waals surface area contributed by atoms with Crippen LogP contribution in [0.4, 0.5) is 10.7 Å². The van der Waals surface area contributed by atoms with Crippen LogP contribution in [0.3, 0.4) is 0 Å². The van der Waals surface area contributed by atoms with Crippen LogP contribution < -0.4 is 5.32 Å². The molecular formula is C34H37ClN4O3S. The van der Waals surface area contributed by atoms with Crippen molar-refractivity contribution in [2.24, 2.45) is 16.3 Å². The van der Waals surface area contributed by atoms with Gasteiger partial charge >= 0.3 is 0 Å². The largest absolute Gasteiger partial charge is 0.378 e. The monoisotopic (exact) mass is 616 g/mol. The van der Waals surface area contributed by atoms with Gasteiger partial charge in [-0.1, -0.05) is 50.6 Å². The molecule has 6 rings (SSSR count). The molecule has 2 amide bonds. The lowest BCUT2D eigenvalue weighted by Gasteiger charge is -2.33. The molecule has 2 aromatic heterocycles. The normalized spacial score (nSPS) is 17.4. The highest BCUT2D eigenvalue weighted by molar-refractivity contribution is 7.16. The van der Waals surface area contributed by atoms with Gasteiger partial charge in [0.2, 0.25) is 5.91 Å². The van der Waals surface area contributed by atoms with Gasteiger partial charge in [0, 0.05) is 57.6 Å². The summed E-state index contributed by atoms with van der Waals surface area (Å²) < 4.78 is 7.41. The number of rotatable bonds is 6. The minimum Gasteiger partial charge on any atom is -0.378 e. The molecule has 0 spiro atoms. The van der Waals surface area contributed by atoms with Crippen molar-refractivity contribution in [2.75, 3.05) is 31.6 Å². The fraction of sp³-hybridized carbons (Fsp3) is 0.382. The summed E-state index contributed by atoms with van der Waals surface area (Å²) in [6.07, 6.45) is 6.68. The summed E-state index contributed by atoms with van der Waals surface area (Å²) in [6.45, 7) is 9.52. The molecule has 0 radical (unpaired) electrons. The Hall–Kier alpha value is -3.46. The van der Waals surface area contributed by atoms with Gasteiger partial charge in [-0.15, -0.1) is 11.3 Å². The highest BCUT2D eigenvalue weighted by Crippen LogP contribution is 2.45. The number of aromatic nitrogens is 1. The van der Waals surface area contributed by atoms with Crippen LogP contribution in [-0.2, 0) is 28.9 Å². The van der Waals surface area contributed by atoms with Crippen LogP contribution in [-0.4, -0.2) is 53.8 Å². The van der Waals surface area contributed by atoms with Gasteiger partial charge < -0.3 is 19.5 Å². The first kappa shape index (κ1) is 29.6. The Morgan fingerprint density at radius 1 is 1.12 bits per heavy atom. The van der Waals surface area contributed by atoms with Crippen molar-refractivity contribution < 1.29 is 14.3 Å². The molecule has 1 N–H and O–H groups in total. The number of anilines is 1. The Morgan fingerprint density at radius 2 is 1.86 bits per heavy atom. The lowest BCUT2D eigenvalue weighted by atomic mass is 9.72. The molecule has 2 aromatic carbocycles. The van der Waals surface area contributed by atoms with Gasteiger partial charge in [-0.05, 0) is 66.5 Å². The van der Waals surface area contributed by atoms with Crippen molar-refractivity contribution in [3.63, 3.8) is 0 Å². The second-order valence-corrected chi connectivity index (χ2v) is 14.0. The average molecular weight is 617 g/mol. The lowest BCUT2D eigenvalue weighted by Crippen LogP contribution is -2.42. The van der Waals surface area contributed by atoms with E-state index in [0.29, 0.717) is 53.5 Å². The molecule has 43 heavy (non-hydrogen) atoms. The van der Waals surface area contributed by atoms with Gasteiger partial charge in [0.05, 0.1) is 18.8 Å². The Balaban J connectivity index is 1.33. The lowest BCUT2D eigenvalue weighted by molar-refractivity contribution is -0.135. The van der Waals surface area contributed by atoms with E-state index in [2.05, 4.69) is 26.1 Å². The Bertz CT molecular complexity index is 1680. The molecule has 2 aliphatic rings. The molecule has 0 unspecified atom stereocenters. The fourth-order valence-corrected chi connectivity index (χ4v) is 7.45. The average Bonchev–Trinajstić information content (AvgIpc) is 3.54. The number of halogens is 1. The summed E-state index contributed by atoms with van der Waals surface area (Å²) in [6, 6.07) is 15.2. The maximum absolute atomic E-state index is 13.8. The van der Waals surface area contributed by atoms with Crippen molar-refractivity contribution in [3.8, 4) is 0 Å². The summed E-state index contributed by atoms with van der Waals surface area (Å²) >= 11 is 7.69. The summed E-state index contributed by atoms with van der Waals surface area (Å²) in [4.78, 5) is 34.9. The van der Waals surface area contributed by atoms with Gasteiger partial charge in [-0.3, -0.25) is 9.59 Å². The number of fused-ring (bicyclic) bond motifs is 2. The third kappa shape index (κ3) is 6.42. The number of hydrogen-bond acceptors (Lipinski definition) is 5. The summed E-state index contributed by atoms with van der Waals surface area (Å²) in [5, 5.41) is 5.42. The maximum atomic E-state index is 13.8. The number of benzene rings is 2. The van der Waals surface area contributed by atoms with E-state index >= 15 is 0 Å². The van der Waals surface area contributed by atoms with Crippen molar-refractivity contribution in [1.29, 1.82) is 0 Å². The zero-order valence-corrected chi connectivity index (χ0v) is 26.4. The van der Waals surface area contributed by atoms with Crippen LogP contribution >= 0.6 is 22.9 Å². The van der Waals surface area contributed by atoms with E-state index in [-0.39, 0.29) is 23.8 Å². The number of amides is 2. The molecule has 7 nitrogen and oxygen atoms in total. The smallest absolute Gasteiger partial charge is 0.259 e. The molecule has 9 heteroatoms. The molecule has 0 bridgehead atoms. The van der Waals surface area contributed by atoms with Gasteiger partial charge in [-0.2, -0.15) is 0 Å². The number of aliphatic imine (C=N–C) groups is 1. The van der Waals surface area contributed by atoms with Gasteiger partial charge in [-0.25, -0.2) is 4.99 Å². The van der Waals surface area contributed by atoms with E-state index in [9.17, 15) is 9.59 Å². The first-order chi connectivity index (χ1) is 20.7. The Morgan fingerprint density at radius 3 is 2.60 bits per heavy atom. The van der Waals surface area contributed by atoms with E-state index < -0.39 is 0 Å². The number of ether oxygens (including phenoxy) is 1. The van der Waals surface area contributed by atoms with E-state index in [1.807, 2.05) is 58.3 Å². The predicted molar refractivity (Wildman–Crippen MR) is 175 cm³/mol. The zero-order valence-electron chi connectivity index (χ0n) is 24.9. The van der Waals surface area contributed by atoms with Crippen LogP contribution in [0.15, 0.2) is 59.7 Å². The van der Waals surface area contributed by atoms with Gasteiger partial charge in [0.15, 0.2) is 0 Å². The molecule has 0 saturated carbocycles. The van der Waals surface area contributed by atoms with E-state index in [1.165, 1.54) is 4.88 Å². The number of hydrogen-bond donors (Lipinski definition) is 1. The Labute approximate surface area is 261 Å². The molecule has 1 aliphatic carbocycles. The van der Waals surface area contributed by atoms with Gasteiger partial charge in [0.25, 0.3) is 5.91 Å². The minimum atomic E-state index is -0.153. The summed E-state index contributed by atoms with van der Waals surface area (Å²) in [5.41, 5.74) is 4.54. The SMILES string of the molecule is CC(C)(C)[C@H]1CCc2c(sc(N=Cc3cn(CC(=O)N4CCOCC4)c4ccccc34)c2C(=O)Nc2ccc(Cl)cc2)C1. The van der Waals surface area contributed by atoms with E-state index in [0.717, 1.165) is 41.3 Å². The topological polar surface area (TPSA) is 75.9 Å². The molecule has 224 valence electrons. The number of para-hydroxylation sites is 1. The van der Waals surface area contributed by atoms with Crippen LogP contribution in [0.1, 0.15) is 53.6 Å². The van der Waals surface area contributed by atoms with Gasteiger partial charge in [0.1, 0.15) is 11.5 Å². The summed E-state index contributed by atoms with van der Waals surface area (Å²) in [7, 11) is 0. The molecule has 3 heterocycles. The highest BCUT2D eigenvalue weighted by atomic mass is 35.5. The molecule has 4 aromatic rings. The first-order valence-corrected chi connectivity index (χ1v) is 16.1. The van der Waals surface area contributed by atoms with Crippen molar-refractivity contribution in [3.05, 3.63) is 81.3 Å². The highest BCUT2D eigenvalue weighted by Gasteiger charge is 2.33. The molecule has 1 aliphatic heterocycles. The molecular weight excluding hydrogens is 580 g/mol. The number of carbonyl (C=O) groups excluding carboxylic acids is 2. The number of carbonyl (C=O) groups is 2. The number of morpholine rings is 1. The van der Waals surface area contributed by atoms with Crippen molar-refractivity contribution >= 4 is 62.6 Å². The second-order valence-electron chi connectivity index (χ2n) is 12.4. The predicted octanol–water partition coefficient (Wildman–Crippen LogP) is 7.37. The number of nitrogens with zero attached hydrogens (tertiary/aromatic N) is 3. The molecule has 1 atom stereocenters. The third-order valence-electron chi connectivity index (χ3n) is 8.61. The number of nitrogens with one attached hydrogen (secondary N) is 1. The minimum absolute atomic E-state index is 0.0769. The van der Waals surface area contributed by atoms with Crippen LogP contribution in [0, 0.1) is 11.3 Å². The number of thiophene rings is 1. The van der Waals surface area contributed by atoms with Crippen molar-refractivity contribution in [2.45, 2.75) is 46.6 Å². The third-order valence-corrected chi connectivity index (χ3v) is 10.0. The van der Waals surface area contributed by atoms with Crippen LogP contribution in [0.5, 0.6) is 0 Å². The standard InChI is InChI=1S/C34H37ClN4O3S/c1-34(2,3)23-8-13-27-29(18-23)43-33(31(27)32(41)37-25-11-9-24(35)10-12-25)36-19-22-20-39(28-7-5-4-6-26(22)28)21-30(40)38-14-16-42-17-15-38/h4-7,9-12,19-20,23H,8,13-18,21H2,1-3H3,(H,37,41)/t23-/m0/s1. The Kier molecular flexibility index (Phi) is 8.45. The maximum Gasteiger partial charge on any atom is 0.259 e. The summed E-state index contributed by atoms with van der Waals surface area (Å²) in [5.74, 6) is 0.470. The van der Waals surface area contributed by atoms with E-state index in [1.54, 1.807) is 23.5 Å². The van der Waals surface area contributed by atoms with E-state index in [4.69, 9.17) is 21.3 Å². The first-order valence-electron chi connectivity index (χ1n) is 14.9. The van der Waals surface area contributed by atoms with Crippen molar-refractivity contribution in [1.82, 2.24) is 9.47 Å². The quantitative estimate of drug-likeness (QED) is 0.230. The molecule has 1 saturated heterocycles. The second kappa shape index (κ2) is 12.3. The van der Waals surface area contributed by atoms with Crippen LogP contribution in [0.2, 0.25) is 5.02 Å². The zero-order chi connectivity index (χ0) is 30.1. The van der Waals surface area contributed by atoms with Crippen LogP contribution in [0.25, 0.3) is 10.9 Å².